The van der Waals surface area contributed by atoms with Crippen molar-refractivity contribution in [1.82, 2.24) is 20.9 Å². The Kier molecular flexibility index (Phi) is 7.94. The highest BCUT2D eigenvalue weighted by Gasteiger charge is 2.35. The molecule has 9 heteroatoms. The fraction of sp³-hybridized carbons (Fsp3) is 0.500. The van der Waals surface area contributed by atoms with Crippen molar-refractivity contribution in [3.63, 3.8) is 0 Å². The predicted molar refractivity (Wildman–Crippen MR) is 129 cm³/mol. The zero-order valence-corrected chi connectivity index (χ0v) is 19.7. The topological polar surface area (TPSA) is 137 Å². The van der Waals surface area contributed by atoms with E-state index >= 15 is 0 Å². The molecule has 4 N–H and O–H groups in total. The minimum Gasteiger partial charge on any atom is -0.356 e. The fourth-order valence-electron chi connectivity index (χ4n) is 5.18. The Hall–Kier alpha value is -3.49. The molecule has 0 bridgehead atoms. The number of rotatable bonds is 9. The molecule has 1 unspecified atom stereocenters. The lowest BCUT2D eigenvalue weighted by Crippen LogP contribution is -2.55. The van der Waals surface area contributed by atoms with Crippen molar-refractivity contribution in [2.24, 2.45) is 11.8 Å². The van der Waals surface area contributed by atoms with Crippen LogP contribution >= 0.6 is 0 Å². The Morgan fingerprint density at radius 1 is 1.03 bits per heavy atom. The van der Waals surface area contributed by atoms with E-state index in [0.717, 1.165) is 49.4 Å². The van der Waals surface area contributed by atoms with Crippen LogP contribution in [-0.4, -0.2) is 53.4 Å². The van der Waals surface area contributed by atoms with E-state index in [-0.39, 0.29) is 29.9 Å². The maximum atomic E-state index is 13.3. The van der Waals surface area contributed by atoms with Crippen molar-refractivity contribution in [1.29, 1.82) is 0 Å². The number of ketones is 1. The summed E-state index contributed by atoms with van der Waals surface area (Å²) in [5.41, 5.74) is 0.895. The lowest BCUT2D eigenvalue weighted by Gasteiger charge is -2.31. The molecule has 186 valence electrons. The van der Waals surface area contributed by atoms with Gasteiger partial charge in [0.2, 0.25) is 11.8 Å². The molecule has 9 nitrogen and oxygen atoms in total. The maximum Gasteiger partial charge on any atom is 0.294 e. The summed E-state index contributed by atoms with van der Waals surface area (Å²) in [6.45, 7) is 0.619. The van der Waals surface area contributed by atoms with Crippen molar-refractivity contribution < 1.29 is 24.0 Å². The van der Waals surface area contributed by atoms with Crippen molar-refractivity contribution in [2.45, 2.75) is 63.5 Å². The maximum absolute atomic E-state index is 13.3. The summed E-state index contributed by atoms with van der Waals surface area (Å²) in [6.07, 6.45) is 6.74. The van der Waals surface area contributed by atoms with Gasteiger partial charge in [-0.2, -0.15) is 0 Å². The first kappa shape index (κ1) is 24.6. The Bertz CT molecular complexity index is 1070. The number of amides is 3. The van der Waals surface area contributed by atoms with Gasteiger partial charge in [0.15, 0.2) is 0 Å². The highest BCUT2D eigenvalue weighted by atomic mass is 16.2. The summed E-state index contributed by atoms with van der Waals surface area (Å²) in [5, 5.41) is 8.97. The first-order valence-corrected chi connectivity index (χ1v) is 12.4. The van der Waals surface area contributed by atoms with Gasteiger partial charge in [-0.25, -0.2) is 0 Å². The molecule has 35 heavy (non-hydrogen) atoms. The van der Waals surface area contributed by atoms with Gasteiger partial charge >= 0.3 is 0 Å². The van der Waals surface area contributed by atoms with Crippen LogP contribution in [0.3, 0.4) is 0 Å². The number of carbonyl (C=O) groups excluding carboxylic acids is 5. The van der Waals surface area contributed by atoms with Gasteiger partial charge < -0.3 is 25.7 Å². The molecular weight excluding hydrogens is 448 g/mol. The SMILES string of the molecule is O=C[C@H](CC1CCCNC1=O)NC(=O)[C@@H](NC(=O)C(=O)c1cc2ccccc2[nH]1)C1CCCCC1. The summed E-state index contributed by atoms with van der Waals surface area (Å²) >= 11 is 0. The number of aromatic amines is 1. The van der Waals surface area contributed by atoms with Gasteiger partial charge in [-0.3, -0.25) is 19.2 Å². The van der Waals surface area contributed by atoms with Gasteiger partial charge in [0.1, 0.15) is 12.3 Å². The number of aldehydes is 1. The smallest absolute Gasteiger partial charge is 0.294 e. The summed E-state index contributed by atoms with van der Waals surface area (Å²) < 4.78 is 0. The van der Waals surface area contributed by atoms with E-state index in [2.05, 4.69) is 20.9 Å². The van der Waals surface area contributed by atoms with Crippen molar-refractivity contribution >= 4 is 40.7 Å². The predicted octanol–water partition coefficient (Wildman–Crippen LogP) is 2.02. The number of hydrogen-bond acceptors (Lipinski definition) is 5. The van der Waals surface area contributed by atoms with E-state index in [1.54, 1.807) is 6.07 Å². The van der Waals surface area contributed by atoms with Gasteiger partial charge in [0.25, 0.3) is 11.7 Å². The highest BCUT2D eigenvalue weighted by molar-refractivity contribution is 6.43. The largest absolute Gasteiger partial charge is 0.356 e. The van der Waals surface area contributed by atoms with Gasteiger partial charge in [0.05, 0.1) is 11.7 Å². The molecule has 4 rings (SSSR count). The van der Waals surface area contributed by atoms with Crippen molar-refractivity contribution in [3.05, 3.63) is 36.0 Å². The zero-order chi connectivity index (χ0) is 24.8. The molecule has 2 aromatic rings. The highest BCUT2D eigenvalue weighted by Crippen LogP contribution is 2.27. The standard InChI is InChI=1S/C26H32N4O5/c31-15-19(13-18-10-6-12-27-24(18)33)28-25(34)22(16-7-2-1-3-8-16)30-26(35)23(32)21-14-17-9-4-5-11-20(17)29-21/h4-5,9,11,14-16,18-19,22,29H,1-3,6-8,10,12-13H2,(H,27,33)(H,28,34)(H,30,35)/t18?,19-,22-/m0/s1. The van der Waals surface area contributed by atoms with Crippen LogP contribution in [0.25, 0.3) is 10.9 Å². The summed E-state index contributed by atoms with van der Waals surface area (Å²) in [6, 6.07) is 7.16. The Morgan fingerprint density at radius 2 is 1.80 bits per heavy atom. The number of carbonyl (C=O) groups is 5. The Morgan fingerprint density at radius 3 is 2.51 bits per heavy atom. The van der Waals surface area contributed by atoms with Crippen LogP contribution in [0, 0.1) is 11.8 Å². The van der Waals surface area contributed by atoms with E-state index in [4.69, 9.17) is 0 Å². The number of hydrogen-bond donors (Lipinski definition) is 4. The van der Waals surface area contributed by atoms with E-state index in [1.807, 2.05) is 24.3 Å². The number of Topliss-reactive ketones (excluding diaryl/α,β-unsaturated/α-hetero) is 1. The van der Waals surface area contributed by atoms with Crippen LogP contribution in [0.15, 0.2) is 30.3 Å². The Balaban J connectivity index is 1.46. The quantitative estimate of drug-likeness (QED) is 0.247. The number of fused-ring (bicyclic) bond motifs is 1. The van der Waals surface area contributed by atoms with E-state index in [1.165, 1.54) is 0 Å². The average molecular weight is 481 g/mol. The summed E-state index contributed by atoms with van der Waals surface area (Å²) in [7, 11) is 0. The Labute approximate surface area is 203 Å². The molecule has 3 amide bonds. The summed E-state index contributed by atoms with van der Waals surface area (Å²) in [4.78, 5) is 65.8. The first-order chi connectivity index (χ1) is 17.0. The molecule has 3 atom stereocenters. The number of benzene rings is 1. The second kappa shape index (κ2) is 11.3. The van der Waals surface area contributed by atoms with Crippen LogP contribution in [0.5, 0.6) is 0 Å². The second-order valence-corrected chi connectivity index (χ2v) is 9.57. The van der Waals surface area contributed by atoms with Crippen LogP contribution in [0.4, 0.5) is 0 Å². The zero-order valence-electron chi connectivity index (χ0n) is 19.7. The molecular formula is C26H32N4O5. The molecule has 1 saturated heterocycles. The molecule has 1 aromatic carbocycles. The van der Waals surface area contributed by atoms with E-state index in [9.17, 15) is 24.0 Å². The third-order valence-corrected chi connectivity index (χ3v) is 7.10. The molecule has 1 aliphatic heterocycles. The number of piperidine rings is 1. The molecule has 1 aliphatic carbocycles. The lowest BCUT2D eigenvalue weighted by molar-refractivity contribution is -0.131. The lowest BCUT2D eigenvalue weighted by atomic mass is 9.83. The fourth-order valence-corrected chi connectivity index (χ4v) is 5.18. The van der Waals surface area contributed by atoms with Crippen LogP contribution < -0.4 is 16.0 Å². The number of nitrogens with one attached hydrogen (secondary N) is 4. The molecule has 2 aliphatic rings. The average Bonchev–Trinajstić information content (AvgIpc) is 3.32. The van der Waals surface area contributed by atoms with Crippen LogP contribution in [-0.2, 0) is 19.2 Å². The first-order valence-electron chi connectivity index (χ1n) is 12.4. The third kappa shape index (κ3) is 5.96. The molecule has 2 heterocycles. The summed E-state index contributed by atoms with van der Waals surface area (Å²) in [5.74, 6) is -2.70. The minimum atomic E-state index is -0.932. The van der Waals surface area contributed by atoms with Crippen LogP contribution in [0.1, 0.15) is 61.9 Å². The van der Waals surface area contributed by atoms with Crippen LogP contribution in [0.2, 0.25) is 0 Å². The number of aromatic nitrogens is 1. The van der Waals surface area contributed by atoms with Gasteiger partial charge in [-0.05, 0) is 50.2 Å². The van der Waals surface area contributed by atoms with Gasteiger partial charge in [0, 0.05) is 23.4 Å². The van der Waals surface area contributed by atoms with Gasteiger partial charge in [-0.15, -0.1) is 0 Å². The molecule has 1 aromatic heterocycles. The molecule has 1 saturated carbocycles. The molecule has 0 radical (unpaired) electrons. The van der Waals surface area contributed by atoms with Gasteiger partial charge in [-0.1, -0.05) is 37.5 Å². The van der Waals surface area contributed by atoms with E-state index < -0.39 is 29.7 Å². The number of H-pyrrole nitrogens is 1. The third-order valence-electron chi connectivity index (χ3n) is 7.10. The monoisotopic (exact) mass is 480 g/mol. The van der Waals surface area contributed by atoms with E-state index in [0.29, 0.717) is 19.3 Å². The van der Waals surface area contributed by atoms with Crippen molar-refractivity contribution in [2.75, 3.05) is 6.54 Å². The molecule has 2 fully saturated rings. The minimum absolute atomic E-state index is 0.113. The molecule has 0 spiro atoms. The normalized spacial score (nSPS) is 20.5. The number of para-hydroxylation sites is 1. The second-order valence-electron chi connectivity index (χ2n) is 9.57. The van der Waals surface area contributed by atoms with Crippen molar-refractivity contribution in [3.8, 4) is 0 Å².